The third kappa shape index (κ3) is 3.68. The highest BCUT2D eigenvalue weighted by atomic mass is 32.1. The summed E-state index contributed by atoms with van der Waals surface area (Å²) in [5.74, 6) is -0.248. The summed E-state index contributed by atoms with van der Waals surface area (Å²) in [6.45, 7) is 5.90. The first kappa shape index (κ1) is 23.1. The number of nitriles is 1. The lowest BCUT2D eigenvalue weighted by molar-refractivity contribution is -0.120. The number of urea groups is 1. The van der Waals surface area contributed by atoms with Crippen molar-refractivity contribution in [3.63, 3.8) is 0 Å². The lowest BCUT2D eigenvalue weighted by Gasteiger charge is -2.36. The van der Waals surface area contributed by atoms with Crippen LogP contribution in [0.4, 0.5) is 10.5 Å². The minimum atomic E-state index is -0.563. The van der Waals surface area contributed by atoms with Gasteiger partial charge in [0.1, 0.15) is 12.1 Å². The highest BCUT2D eigenvalue weighted by Crippen LogP contribution is 2.43. The summed E-state index contributed by atoms with van der Waals surface area (Å²) >= 11 is 5.70. The molecule has 36 heavy (non-hydrogen) atoms. The van der Waals surface area contributed by atoms with Gasteiger partial charge in [0.15, 0.2) is 5.11 Å². The zero-order valence-corrected chi connectivity index (χ0v) is 20.6. The SMILES string of the molecule is N#Cc1ccc(N2C(=O)C3C4CC(CN4C(=S)NCCCN4CCOCC4)N3C2=O)c2cccnc12. The normalized spacial score (nSPS) is 25.5. The van der Waals surface area contributed by atoms with E-state index < -0.39 is 6.04 Å². The van der Waals surface area contributed by atoms with Gasteiger partial charge < -0.3 is 19.9 Å². The highest BCUT2D eigenvalue weighted by molar-refractivity contribution is 7.80. The fraction of sp³-hybridized carbons (Fsp3) is 0.480. The smallest absolute Gasteiger partial charge is 0.332 e. The van der Waals surface area contributed by atoms with E-state index >= 15 is 0 Å². The number of rotatable bonds is 5. The molecule has 1 N–H and O–H groups in total. The first-order valence-electron chi connectivity index (χ1n) is 12.4. The third-order valence-electron chi connectivity index (χ3n) is 7.66. The fourth-order valence-electron chi connectivity index (χ4n) is 5.98. The van der Waals surface area contributed by atoms with Crippen molar-refractivity contribution in [2.45, 2.75) is 31.0 Å². The second kappa shape index (κ2) is 9.28. The first-order valence-corrected chi connectivity index (χ1v) is 12.8. The highest BCUT2D eigenvalue weighted by Gasteiger charge is 2.62. The number of benzene rings is 1. The van der Waals surface area contributed by atoms with Crippen LogP contribution in [0.3, 0.4) is 0 Å². The molecular weight excluding hydrogens is 478 g/mol. The Bertz CT molecular complexity index is 1270. The molecule has 0 aliphatic carbocycles. The van der Waals surface area contributed by atoms with Gasteiger partial charge in [-0.2, -0.15) is 5.26 Å². The van der Waals surface area contributed by atoms with Gasteiger partial charge in [0, 0.05) is 37.8 Å². The molecule has 0 radical (unpaired) electrons. The van der Waals surface area contributed by atoms with Crippen LogP contribution in [0, 0.1) is 11.3 Å². The second-order valence-electron chi connectivity index (χ2n) is 9.60. The number of thiocarbonyl (C=S) groups is 1. The number of aromatic nitrogens is 1. The van der Waals surface area contributed by atoms with Crippen LogP contribution >= 0.6 is 12.2 Å². The molecule has 186 valence electrons. The monoisotopic (exact) mass is 505 g/mol. The topological polar surface area (TPSA) is 105 Å². The van der Waals surface area contributed by atoms with Crippen molar-refractivity contribution < 1.29 is 14.3 Å². The largest absolute Gasteiger partial charge is 0.379 e. The molecule has 4 saturated heterocycles. The molecule has 1 aromatic carbocycles. The Balaban J connectivity index is 1.16. The number of nitrogens with one attached hydrogen (secondary N) is 1. The number of pyridine rings is 1. The molecule has 6 rings (SSSR count). The third-order valence-corrected chi connectivity index (χ3v) is 8.04. The predicted octanol–water partition coefficient (Wildman–Crippen LogP) is 1.30. The number of amides is 3. The standard InChI is InChI=1S/C25H27N7O3S/c26-14-16-4-5-19(18-3-1-6-27-21(16)18)32-23(33)22-20-13-17(31(22)25(32)34)15-30(20)24(36)28-7-2-8-29-9-11-35-12-10-29/h1,3-6,17,20,22H,2,7-13,15H2,(H,28,36). The van der Waals surface area contributed by atoms with Gasteiger partial charge in [0.25, 0.3) is 5.91 Å². The lowest BCUT2D eigenvalue weighted by Crippen LogP contribution is -2.57. The van der Waals surface area contributed by atoms with Gasteiger partial charge in [-0.05, 0) is 55.9 Å². The number of carbonyl (C=O) groups is 2. The van der Waals surface area contributed by atoms with Crippen molar-refractivity contribution in [1.82, 2.24) is 25.0 Å². The van der Waals surface area contributed by atoms with Crippen LogP contribution in [0.15, 0.2) is 30.5 Å². The molecule has 0 saturated carbocycles. The van der Waals surface area contributed by atoms with E-state index in [2.05, 4.69) is 26.2 Å². The van der Waals surface area contributed by atoms with Crippen molar-refractivity contribution in [3.8, 4) is 6.07 Å². The van der Waals surface area contributed by atoms with Gasteiger partial charge in [-0.15, -0.1) is 0 Å². The Hall–Kier alpha value is -3.33. The maximum Gasteiger partial charge on any atom is 0.332 e. The average molecular weight is 506 g/mol. The summed E-state index contributed by atoms with van der Waals surface area (Å²) in [5.41, 5.74) is 1.36. The van der Waals surface area contributed by atoms with E-state index in [4.69, 9.17) is 17.0 Å². The van der Waals surface area contributed by atoms with Gasteiger partial charge in [0.05, 0.1) is 42.1 Å². The molecule has 0 spiro atoms. The van der Waals surface area contributed by atoms with Crippen molar-refractivity contribution in [1.29, 1.82) is 5.26 Å². The van der Waals surface area contributed by atoms with Gasteiger partial charge in [-0.1, -0.05) is 0 Å². The number of anilines is 1. The molecule has 5 heterocycles. The average Bonchev–Trinajstić information content (AvgIpc) is 3.58. The zero-order chi connectivity index (χ0) is 24.8. The van der Waals surface area contributed by atoms with Crippen LogP contribution in [0.5, 0.6) is 0 Å². The van der Waals surface area contributed by atoms with Crippen LogP contribution in [-0.2, 0) is 9.53 Å². The van der Waals surface area contributed by atoms with E-state index in [0.29, 0.717) is 33.8 Å². The van der Waals surface area contributed by atoms with Crippen LogP contribution in [0.25, 0.3) is 10.9 Å². The van der Waals surface area contributed by atoms with Gasteiger partial charge >= 0.3 is 6.03 Å². The molecule has 4 aliphatic heterocycles. The molecule has 1 aromatic heterocycles. The van der Waals surface area contributed by atoms with Crippen molar-refractivity contribution >= 4 is 45.9 Å². The Kier molecular flexibility index (Phi) is 5.95. The summed E-state index contributed by atoms with van der Waals surface area (Å²) < 4.78 is 5.40. The number of ether oxygens (including phenoxy) is 1. The second-order valence-corrected chi connectivity index (χ2v) is 9.99. The maximum atomic E-state index is 13.7. The number of nitrogens with zero attached hydrogens (tertiary/aromatic N) is 6. The van der Waals surface area contributed by atoms with Crippen LogP contribution in [0.1, 0.15) is 18.4 Å². The predicted molar refractivity (Wildman–Crippen MR) is 136 cm³/mol. The summed E-state index contributed by atoms with van der Waals surface area (Å²) in [6.07, 6.45) is 3.32. The van der Waals surface area contributed by atoms with E-state index in [9.17, 15) is 14.9 Å². The number of hydrogen-bond acceptors (Lipinski definition) is 7. The number of morpholine rings is 1. The summed E-state index contributed by atoms with van der Waals surface area (Å²) in [4.78, 5) is 38.9. The number of likely N-dealkylation sites (tertiary alicyclic amines) is 1. The van der Waals surface area contributed by atoms with Crippen molar-refractivity contribution in [2.24, 2.45) is 0 Å². The molecule has 4 aliphatic rings. The van der Waals surface area contributed by atoms with Crippen LogP contribution in [-0.4, -0.2) is 101 Å². The fourth-order valence-corrected chi connectivity index (χ4v) is 6.29. The molecule has 2 aromatic rings. The van der Waals surface area contributed by atoms with Crippen molar-refractivity contribution in [2.75, 3.05) is 50.8 Å². The minimum absolute atomic E-state index is 0.0580. The van der Waals surface area contributed by atoms with Gasteiger partial charge in [0.2, 0.25) is 0 Å². The van der Waals surface area contributed by atoms with E-state index in [1.54, 1.807) is 35.4 Å². The molecule has 3 amide bonds. The Morgan fingerprint density at radius 2 is 2.08 bits per heavy atom. The summed E-state index contributed by atoms with van der Waals surface area (Å²) in [5, 5.41) is 14.1. The number of piperazine rings is 1. The summed E-state index contributed by atoms with van der Waals surface area (Å²) in [6, 6.07) is 7.88. The first-order chi connectivity index (χ1) is 17.6. The lowest BCUT2D eigenvalue weighted by atomic mass is 10.1. The molecule has 10 nitrogen and oxygen atoms in total. The zero-order valence-electron chi connectivity index (χ0n) is 19.8. The Morgan fingerprint density at radius 3 is 2.89 bits per heavy atom. The van der Waals surface area contributed by atoms with Crippen molar-refractivity contribution in [3.05, 3.63) is 36.0 Å². The number of fused-ring (bicyclic) bond motifs is 6. The summed E-state index contributed by atoms with van der Waals surface area (Å²) in [7, 11) is 0. The molecule has 11 heteroatoms. The molecule has 2 bridgehead atoms. The van der Waals surface area contributed by atoms with Gasteiger partial charge in [-0.25, -0.2) is 9.69 Å². The quantitative estimate of drug-likeness (QED) is 0.366. The van der Waals surface area contributed by atoms with E-state index in [1.807, 2.05) is 0 Å². The van der Waals surface area contributed by atoms with Gasteiger partial charge in [-0.3, -0.25) is 14.7 Å². The molecule has 3 unspecified atom stereocenters. The Morgan fingerprint density at radius 1 is 1.25 bits per heavy atom. The number of imide groups is 1. The Labute approximate surface area is 214 Å². The van der Waals surface area contributed by atoms with E-state index in [0.717, 1.165) is 52.2 Å². The molecule has 3 atom stereocenters. The minimum Gasteiger partial charge on any atom is -0.379 e. The van der Waals surface area contributed by atoms with E-state index in [1.165, 1.54) is 4.90 Å². The van der Waals surface area contributed by atoms with Crippen LogP contribution < -0.4 is 10.2 Å². The number of hydrogen-bond donors (Lipinski definition) is 1. The van der Waals surface area contributed by atoms with Crippen LogP contribution in [0.2, 0.25) is 0 Å². The molecular formula is C25H27N7O3S. The molecule has 4 fully saturated rings. The number of carbonyl (C=O) groups excluding carboxylic acids is 2. The maximum absolute atomic E-state index is 13.7. The van der Waals surface area contributed by atoms with E-state index in [-0.39, 0.29) is 24.0 Å².